The number of carbonyl (C=O) groups is 1. The van der Waals surface area contributed by atoms with Crippen LogP contribution in [0.3, 0.4) is 0 Å². The lowest BCUT2D eigenvalue weighted by atomic mass is 9.73. The van der Waals surface area contributed by atoms with Gasteiger partial charge in [0.2, 0.25) is 0 Å². The lowest BCUT2D eigenvalue weighted by Gasteiger charge is -2.20. The van der Waals surface area contributed by atoms with E-state index in [1.165, 1.54) is 5.72 Å². The minimum absolute atomic E-state index is 0.0892. The highest BCUT2D eigenvalue weighted by molar-refractivity contribution is 6.54. The molecular weight excluding hydrogens is 203 g/mol. The molecule has 16 heavy (non-hydrogen) atoms. The largest absolute Gasteiger partial charge is 0.462 e. The van der Waals surface area contributed by atoms with Gasteiger partial charge in [0.1, 0.15) is 25.3 Å². The first kappa shape index (κ1) is 12.8. The van der Waals surface area contributed by atoms with E-state index in [0.717, 1.165) is 0 Å². The maximum atomic E-state index is 11.6. The van der Waals surface area contributed by atoms with Gasteiger partial charge >= 0.3 is 0 Å². The molecule has 0 spiro atoms. The van der Waals surface area contributed by atoms with Gasteiger partial charge < -0.3 is 4.74 Å². The predicted octanol–water partition coefficient (Wildman–Crippen LogP) is -0.596. The van der Waals surface area contributed by atoms with E-state index in [0.29, 0.717) is 6.32 Å². The van der Waals surface area contributed by atoms with Crippen molar-refractivity contribution in [3.05, 3.63) is 12.4 Å². The van der Waals surface area contributed by atoms with Crippen LogP contribution in [-0.4, -0.2) is 23.4 Å². The molecule has 1 aromatic rings. The summed E-state index contributed by atoms with van der Waals surface area (Å²) in [6, 6.07) is 0. The number of imidazole rings is 1. The Morgan fingerprint density at radius 1 is 1.56 bits per heavy atom. The number of hydrogen-bond acceptors (Lipinski definition) is 2. The Bertz CT molecular complexity index is 360. The van der Waals surface area contributed by atoms with Crippen LogP contribution >= 0.6 is 0 Å². The van der Waals surface area contributed by atoms with Crippen LogP contribution in [0.25, 0.3) is 0 Å². The number of carbonyl (C=O) groups excluding carboxylic acids is 1. The topological polar surface area (TPSA) is 35.1 Å². The molecule has 0 N–H and O–H groups in total. The van der Waals surface area contributed by atoms with Crippen molar-refractivity contribution < 1.29 is 14.1 Å². The molecule has 1 heterocycles. The first-order valence-corrected chi connectivity index (χ1v) is 5.86. The van der Waals surface area contributed by atoms with Gasteiger partial charge in [-0.2, -0.15) is 0 Å². The molecule has 1 aromatic heterocycles. The lowest BCUT2D eigenvalue weighted by Crippen LogP contribution is -2.50. The first-order chi connectivity index (χ1) is 7.29. The van der Waals surface area contributed by atoms with E-state index in [1.807, 2.05) is 47.3 Å². The standard InChI is InChI=1S/C11H21BN2O2/c1-11(2,3)16-9(15)8-12-10-13(4)6-7-14(10)5/h6-7H,8,12H2,1-5H3. The summed E-state index contributed by atoms with van der Waals surface area (Å²) < 4.78 is 9.44. The first-order valence-electron chi connectivity index (χ1n) is 5.86. The summed E-state index contributed by atoms with van der Waals surface area (Å²) in [5.41, 5.74) is 0.866. The normalized spacial score (nSPS) is 11.6. The molecule has 5 heteroatoms. The summed E-state index contributed by atoms with van der Waals surface area (Å²) in [5.74, 6) is -0.0892. The zero-order chi connectivity index (χ0) is 12.3. The Morgan fingerprint density at radius 2 is 2.19 bits per heavy atom. The average molecular weight is 224 g/mol. The molecule has 0 bridgehead atoms. The van der Waals surface area contributed by atoms with E-state index in [4.69, 9.17) is 4.74 Å². The second kappa shape index (κ2) is 4.72. The van der Waals surface area contributed by atoms with Gasteiger partial charge in [-0.1, -0.05) is 6.32 Å². The highest BCUT2D eigenvalue weighted by Gasteiger charge is 2.15. The van der Waals surface area contributed by atoms with Gasteiger partial charge in [0, 0.05) is 0 Å². The van der Waals surface area contributed by atoms with Crippen LogP contribution in [0.4, 0.5) is 0 Å². The molecule has 0 amide bonds. The lowest BCUT2D eigenvalue weighted by molar-refractivity contribution is -0.653. The van der Waals surface area contributed by atoms with Crippen LogP contribution in [0.1, 0.15) is 20.8 Å². The second-order valence-electron chi connectivity index (χ2n) is 5.36. The second-order valence-corrected chi connectivity index (χ2v) is 5.36. The van der Waals surface area contributed by atoms with Crippen molar-refractivity contribution in [2.24, 2.45) is 14.1 Å². The third-order valence-corrected chi connectivity index (χ3v) is 2.74. The van der Waals surface area contributed by atoms with Crippen LogP contribution < -0.4 is 10.3 Å². The van der Waals surface area contributed by atoms with Crippen molar-refractivity contribution >= 4 is 19.0 Å². The number of rotatable bonds is 3. The molecule has 1 rings (SSSR count). The third kappa shape index (κ3) is 3.72. The molecule has 0 radical (unpaired) electrons. The van der Waals surface area contributed by atoms with Gasteiger partial charge in [-0.15, -0.1) is 0 Å². The summed E-state index contributed by atoms with van der Waals surface area (Å²) in [6.45, 7) is 5.69. The molecule has 0 aliphatic carbocycles. The van der Waals surface area contributed by atoms with E-state index in [9.17, 15) is 4.79 Å². The molecule has 0 aliphatic rings. The molecule has 0 unspecified atom stereocenters. The van der Waals surface area contributed by atoms with Crippen LogP contribution in [-0.2, 0) is 23.6 Å². The maximum Gasteiger partial charge on any atom is 0.271 e. The van der Waals surface area contributed by atoms with E-state index in [1.54, 1.807) is 0 Å². The van der Waals surface area contributed by atoms with Crippen molar-refractivity contribution in [1.82, 2.24) is 4.57 Å². The van der Waals surface area contributed by atoms with Crippen LogP contribution in [0.5, 0.6) is 0 Å². The molecule has 90 valence electrons. The van der Waals surface area contributed by atoms with Crippen molar-refractivity contribution in [3.63, 3.8) is 0 Å². The minimum atomic E-state index is -0.463. The summed E-state index contributed by atoms with van der Waals surface area (Å²) in [5, 5.41) is 0. The Labute approximate surface area is 97.5 Å². The fourth-order valence-corrected chi connectivity index (χ4v) is 1.88. The SMILES string of the molecule is Cn1cc[n+](C)c1[BH2-]CC(=O)OC(C)(C)C. The predicted molar refractivity (Wildman–Crippen MR) is 65.4 cm³/mol. The van der Waals surface area contributed by atoms with Gasteiger partial charge in [0.25, 0.3) is 5.97 Å². The van der Waals surface area contributed by atoms with Crippen LogP contribution in [0.15, 0.2) is 12.4 Å². The Morgan fingerprint density at radius 3 is 2.62 bits per heavy atom. The van der Waals surface area contributed by atoms with E-state index in [2.05, 4.69) is 9.13 Å². The van der Waals surface area contributed by atoms with Gasteiger partial charge in [-0.25, -0.2) is 0 Å². The molecule has 4 nitrogen and oxygen atoms in total. The van der Waals surface area contributed by atoms with Crippen LogP contribution in [0.2, 0.25) is 6.32 Å². The molecule has 0 aliphatic heterocycles. The van der Waals surface area contributed by atoms with E-state index in [-0.39, 0.29) is 11.6 Å². The number of nitrogens with zero attached hydrogens (tertiary/aromatic N) is 2. The van der Waals surface area contributed by atoms with Gasteiger partial charge in [0.05, 0.1) is 19.8 Å². The minimum Gasteiger partial charge on any atom is -0.462 e. The number of aromatic nitrogens is 2. The third-order valence-electron chi connectivity index (χ3n) is 2.74. The molecular formula is C11H21BN2O2. The smallest absolute Gasteiger partial charge is 0.271 e. The van der Waals surface area contributed by atoms with Crippen molar-refractivity contribution in [2.75, 3.05) is 0 Å². The Hall–Kier alpha value is -1.26. The van der Waals surface area contributed by atoms with Crippen molar-refractivity contribution in [2.45, 2.75) is 32.7 Å². The van der Waals surface area contributed by atoms with Gasteiger partial charge in [0.15, 0.2) is 0 Å². The summed E-state index contributed by atoms with van der Waals surface area (Å²) in [4.78, 5) is 11.6. The molecule has 0 atom stereocenters. The van der Waals surface area contributed by atoms with Gasteiger partial charge in [-0.3, -0.25) is 13.9 Å². The van der Waals surface area contributed by atoms with E-state index >= 15 is 0 Å². The average Bonchev–Trinajstić information content (AvgIpc) is 2.41. The fraction of sp³-hybridized carbons (Fsp3) is 0.636. The maximum absolute atomic E-state index is 11.6. The summed E-state index contributed by atoms with van der Waals surface area (Å²) >= 11 is 0. The molecule has 0 saturated heterocycles. The highest BCUT2D eigenvalue weighted by atomic mass is 16.6. The van der Waals surface area contributed by atoms with Gasteiger partial charge in [-0.05, 0) is 20.8 Å². The molecule has 0 fully saturated rings. The van der Waals surface area contributed by atoms with Crippen molar-refractivity contribution in [3.8, 4) is 0 Å². The number of ether oxygens (including phenoxy) is 1. The fourth-order valence-electron chi connectivity index (χ4n) is 1.88. The van der Waals surface area contributed by atoms with Crippen LogP contribution in [0, 0.1) is 0 Å². The highest BCUT2D eigenvalue weighted by Crippen LogP contribution is 2.07. The number of aryl methyl sites for hydroxylation is 2. The monoisotopic (exact) mass is 224 g/mol. The summed E-state index contributed by atoms with van der Waals surface area (Å²) in [6.07, 6.45) is 4.56. The zero-order valence-electron chi connectivity index (χ0n) is 11.1. The Balaban J connectivity index is 2.50. The zero-order valence-corrected chi connectivity index (χ0v) is 11.1. The molecule has 0 saturated carbocycles. The Kier molecular flexibility index (Phi) is 3.78. The van der Waals surface area contributed by atoms with Crippen molar-refractivity contribution in [1.29, 1.82) is 0 Å². The number of hydrogen-bond donors (Lipinski definition) is 0. The quantitative estimate of drug-likeness (QED) is 0.390. The molecule has 0 aromatic carbocycles. The number of esters is 1. The van der Waals surface area contributed by atoms with E-state index < -0.39 is 7.28 Å². The summed E-state index contributed by atoms with van der Waals surface area (Å²) in [7, 11) is 3.55.